The molecular weight excluding hydrogens is 466 g/mol. The van der Waals surface area contributed by atoms with Gasteiger partial charge < -0.3 is 9.84 Å². The maximum Gasteiger partial charge on any atom is 0.138 e. The second-order valence-corrected chi connectivity index (χ2v) is 8.26. The van der Waals surface area contributed by atoms with E-state index in [2.05, 4.69) is 20.2 Å². The van der Waals surface area contributed by atoms with Gasteiger partial charge in [-0.05, 0) is 29.3 Å². The number of rotatable bonds is 9. The summed E-state index contributed by atoms with van der Waals surface area (Å²) in [5.41, 5.74) is -0.453. The zero-order valence-corrected chi connectivity index (χ0v) is 19.0. The number of aliphatic hydroxyl groups is 1. The van der Waals surface area contributed by atoms with Crippen LogP contribution < -0.4 is 4.74 Å². The monoisotopic (exact) mass is 488 g/mol. The number of benzene rings is 3. The summed E-state index contributed by atoms with van der Waals surface area (Å²) in [5.74, 6) is -1.03. The van der Waals surface area contributed by atoms with E-state index in [1.807, 2.05) is 30.3 Å². The van der Waals surface area contributed by atoms with Gasteiger partial charge in [0.15, 0.2) is 0 Å². The van der Waals surface area contributed by atoms with Gasteiger partial charge in [0.1, 0.15) is 60.9 Å². The summed E-state index contributed by atoms with van der Waals surface area (Å²) in [6.45, 7) is 0.204. The lowest BCUT2D eigenvalue weighted by Gasteiger charge is -2.37. The van der Waals surface area contributed by atoms with Crippen LogP contribution in [0.3, 0.4) is 0 Å². The fourth-order valence-electron chi connectivity index (χ4n) is 4.21. The Morgan fingerprint density at radius 2 is 1.64 bits per heavy atom. The number of halogens is 2. The Hall–Kier alpha value is -4.44. The fraction of sp³-hybridized carbons (Fsp3) is 0.154. The molecule has 3 aromatic carbocycles. The summed E-state index contributed by atoms with van der Waals surface area (Å²) < 4.78 is 37.6. The molecule has 36 heavy (non-hydrogen) atoms. The van der Waals surface area contributed by atoms with Crippen LogP contribution in [-0.2, 0) is 18.8 Å². The highest BCUT2D eigenvalue weighted by Gasteiger charge is 2.44. The van der Waals surface area contributed by atoms with E-state index in [-0.39, 0.29) is 12.1 Å². The number of hydrogen-bond acceptors (Lipinski definition) is 6. The van der Waals surface area contributed by atoms with Crippen molar-refractivity contribution in [1.82, 2.24) is 29.5 Å². The summed E-state index contributed by atoms with van der Waals surface area (Å²) >= 11 is 0. The van der Waals surface area contributed by atoms with Crippen molar-refractivity contribution >= 4 is 0 Å². The molecule has 8 nitrogen and oxygen atoms in total. The lowest BCUT2D eigenvalue weighted by molar-refractivity contribution is -0.0292. The normalized spacial score (nSPS) is 13.8. The van der Waals surface area contributed by atoms with Crippen LogP contribution in [0.4, 0.5) is 8.78 Å². The first-order chi connectivity index (χ1) is 17.5. The van der Waals surface area contributed by atoms with E-state index in [0.29, 0.717) is 17.9 Å². The van der Waals surface area contributed by atoms with E-state index < -0.39 is 23.3 Å². The van der Waals surface area contributed by atoms with Crippen LogP contribution >= 0.6 is 0 Å². The molecule has 1 N–H and O–H groups in total. The van der Waals surface area contributed by atoms with Crippen LogP contribution in [0.1, 0.15) is 22.7 Å². The molecule has 0 amide bonds. The minimum absolute atomic E-state index is 0.121. The molecule has 10 heteroatoms. The molecule has 2 atom stereocenters. The Kier molecular flexibility index (Phi) is 6.50. The van der Waals surface area contributed by atoms with Crippen LogP contribution in [0.5, 0.6) is 5.75 Å². The summed E-state index contributed by atoms with van der Waals surface area (Å²) in [7, 11) is 0. The summed E-state index contributed by atoms with van der Waals surface area (Å²) in [5, 5.41) is 20.5. The van der Waals surface area contributed by atoms with Gasteiger partial charge in [0, 0.05) is 11.6 Å². The molecule has 2 heterocycles. The van der Waals surface area contributed by atoms with E-state index in [1.54, 1.807) is 24.3 Å². The van der Waals surface area contributed by atoms with Crippen LogP contribution in [0.2, 0.25) is 0 Å². The average Bonchev–Trinajstić information content (AvgIpc) is 3.59. The van der Waals surface area contributed by atoms with Crippen molar-refractivity contribution in [3.63, 3.8) is 0 Å². The molecule has 0 radical (unpaired) electrons. The molecule has 0 aliphatic heterocycles. The van der Waals surface area contributed by atoms with Crippen molar-refractivity contribution in [1.29, 1.82) is 0 Å². The second kappa shape index (κ2) is 10.0. The molecular formula is C26H22F2N6O2. The predicted octanol–water partition coefficient (Wildman–Crippen LogP) is 3.90. The molecule has 182 valence electrons. The second-order valence-electron chi connectivity index (χ2n) is 8.26. The van der Waals surface area contributed by atoms with Crippen molar-refractivity contribution in [2.24, 2.45) is 0 Å². The van der Waals surface area contributed by atoms with Gasteiger partial charge in [-0.3, -0.25) is 0 Å². The third-order valence-electron chi connectivity index (χ3n) is 5.86. The van der Waals surface area contributed by atoms with Gasteiger partial charge in [-0.1, -0.05) is 48.5 Å². The zero-order chi connectivity index (χ0) is 25.0. The Morgan fingerprint density at radius 1 is 0.889 bits per heavy atom. The Morgan fingerprint density at radius 3 is 2.31 bits per heavy atom. The van der Waals surface area contributed by atoms with Gasteiger partial charge in [0.05, 0.1) is 6.54 Å². The van der Waals surface area contributed by atoms with Crippen molar-refractivity contribution in [2.45, 2.75) is 24.8 Å². The zero-order valence-electron chi connectivity index (χ0n) is 19.0. The third kappa shape index (κ3) is 4.84. The summed E-state index contributed by atoms with van der Waals surface area (Å²) in [6, 6.07) is 18.9. The lowest BCUT2D eigenvalue weighted by atomic mass is 9.82. The topological polar surface area (TPSA) is 90.9 Å². The minimum Gasteiger partial charge on any atom is -0.489 e. The predicted molar refractivity (Wildman–Crippen MR) is 126 cm³/mol. The molecule has 2 unspecified atom stereocenters. The molecule has 2 aromatic heterocycles. The number of aromatic nitrogens is 6. The molecule has 0 saturated heterocycles. The highest BCUT2D eigenvalue weighted by Crippen LogP contribution is 2.41. The van der Waals surface area contributed by atoms with Crippen LogP contribution in [-0.4, -0.2) is 34.6 Å². The fourth-order valence-corrected chi connectivity index (χ4v) is 4.21. The van der Waals surface area contributed by atoms with Gasteiger partial charge >= 0.3 is 0 Å². The number of nitrogens with zero attached hydrogens (tertiary/aromatic N) is 6. The van der Waals surface area contributed by atoms with Crippen molar-refractivity contribution in [2.75, 3.05) is 0 Å². The van der Waals surface area contributed by atoms with Crippen LogP contribution in [0, 0.1) is 11.6 Å². The molecule has 0 spiro atoms. The van der Waals surface area contributed by atoms with E-state index >= 15 is 4.39 Å². The van der Waals surface area contributed by atoms with E-state index in [4.69, 9.17) is 4.74 Å². The van der Waals surface area contributed by atoms with E-state index in [1.165, 1.54) is 40.7 Å². The quantitative estimate of drug-likeness (QED) is 0.338. The molecule has 0 bridgehead atoms. The third-order valence-corrected chi connectivity index (χ3v) is 5.86. The van der Waals surface area contributed by atoms with Crippen LogP contribution in [0.25, 0.3) is 0 Å². The summed E-state index contributed by atoms with van der Waals surface area (Å²) in [6.07, 6.45) is 5.47. The van der Waals surface area contributed by atoms with Gasteiger partial charge in [0.2, 0.25) is 0 Å². The van der Waals surface area contributed by atoms with Gasteiger partial charge in [0.25, 0.3) is 0 Å². The van der Waals surface area contributed by atoms with Crippen molar-refractivity contribution in [3.8, 4) is 5.75 Å². The standard InChI is InChI=1S/C26H22F2N6O2/c27-21-8-11-23(24(28)12-21)26(35,14-33-17-29-15-31-33)25(34-18-30-16-32-34)20-6-9-22(10-7-20)36-13-19-4-2-1-3-5-19/h1-12,15-18,25,35H,13-14H2. The van der Waals surface area contributed by atoms with E-state index in [0.717, 1.165) is 17.7 Å². The van der Waals surface area contributed by atoms with E-state index in [9.17, 15) is 9.50 Å². The SMILES string of the molecule is OC(Cn1cncn1)(c1ccc(F)cc1F)C(c1ccc(OCc2ccccc2)cc1)n1cncn1. The lowest BCUT2D eigenvalue weighted by Crippen LogP contribution is -2.42. The largest absolute Gasteiger partial charge is 0.489 e. The van der Waals surface area contributed by atoms with Crippen molar-refractivity contribution in [3.05, 3.63) is 126 Å². The maximum atomic E-state index is 15.1. The molecule has 5 aromatic rings. The smallest absolute Gasteiger partial charge is 0.138 e. The van der Waals surface area contributed by atoms with Gasteiger partial charge in [-0.25, -0.2) is 28.1 Å². The molecule has 0 saturated carbocycles. The van der Waals surface area contributed by atoms with Gasteiger partial charge in [-0.2, -0.15) is 10.2 Å². The molecule has 0 aliphatic rings. The van der Waals surface area contributed by atoms with Gasteiger partial charge in [-0.15, -0.1) is 0 Å². The van der Waals surface area contributed by atoms with Crippen molar-refractivity contribution < 1.29 is 18.6 Å². The number of ether oxygens (including phenoxy) is 1. The Balaban J connectivity index is 1.54. The highest BCUT2D eigenvalue weighted by atomic mass is 19.1. The first-order valence-electron chi connectivity index (χ1n) is 11.1. The van der Waals surface area contributed by atoms with Crippen LogP contribution in [0.15, 0.2) is 98.1 Å². The average molecular weight is 488 g/mol. The highest BCUT2D eigenvalue weighted by molar-refractivity contribution is 5.36. The minimum atomic E-state index is -1.95. The Labute approximate surface area is 205 Å². The summed E-state index contributed by atoms with van der Waals surface area (Å²) in [4.78, 5) is 7.94. The number of hydrogen-bond donors (Lipinski definition) is 1. The first kappa shape index (κ1) is 23.3. The molecule has 0 fully saturated rings. The first-order valence-corrected chi connectivity index (χ1v) is 11.1. The maximum absolute atomic E-state index is 15.1. The molecule has 0 aliphatic carbocycles. The molecule has 5 rings (SSSR count). The Bertz CT molecular complexity index is 1400.